The van der Waals surface area contributed by atoms with Crippen molar-refractivity contribution in [2.24, 2.45) is 0 Å². The zero-order chi connectivity index (χ0) is 16.6. The largest absolute Gasteiger partial charge is 0.504 e. The molecule has 0 atom stereocenters. The van der Waals surface area contributed by atoms with Gasteiger partial charge >= 0.3 is 0 Å². The average molecular weight is 310 g/mol. The topological polar surface area (TPSA) is 75.3 Å². The number of fused-ring (bicyclic) bond motifs is 1. The van der Waals surface area contributed by atoms with Gasteiger partial charge in [-0.3, -0.25) is 9.36 Å². The van der Waals surface area contributed by atoms with Crippen LogP contribution < -0.4 is 5.56 Å². The average Bonchev–Trinajstić information content (AvgIpc) is 2.51. The lowest BCUT2D eigenvalue weighted by atomic mass is 10.1. The summed E-state index contributed by atoms with van der Waals surface area (Å²) in [4.78, 5) is 17.2. The molecule has 5 nitrogen and oxygen atoms in total. The van der Waals surface area contributed by atoms with Gasteiger partial charge in [-0.2, -0.15) is 0 Å². The molecule has 0 radical (unpaired) electrons. The number of aromatic nitrogens is 2. The summed E-state index contributed by atoms with van der Waals surface area (Å²) in [5.41, 5.74) is 2.52. The highest BCUT2D eigenvalue weighted by Gasteiger charge is 2.09. The number of hydrogen-bond donors (Lipinski definition) is 2. The van der Waals surface area contributed by atoms with E-state index in [0.29, 0.717) is 29.7 Å². The van der Waals surface area contributed by atoms with Crippen molar-refractivity contribution in [2.75, 3.05) is 0 Å². The van der Waals surface area contributed by atoms with Gasteiger partial charge < -0.3 is 10.2 Å². The van der Waals surface area contributed by atoms with Crippen molar-refractivity contribution < 1.29 is 10.2 Å². The molecular formula is C18H18N2O3. The third kappa shape index (κ3) is 2.90. The molecule has 3 rings (SSSR count). The maximum atomic E-state index is 12.7. The van der Waals surface area contributed by atoms with E-state index in [-0.39, 0.29) is 17.1 Å². The van der Waals surface area contributed by atoms with Crippen molar-refractivity contribution in [3.05, 3.63) is 63.7 Å². The Bertz CT molecular complexity index is 945. The van der Waals surface area contributed by atoms with Gasteiger partial charge in [-0.15, -0.1) is 0 Å². The molecule has 0 saturated carbocycles. The van der Waals surface area contributed by atoms with E-state index >= 15 is 0 Å². The van der Waals surface area contributed by atoms with Gasteiger partial charge in [-0.05, 0) is 50.1 Å². The quantitative estimate of drug-likeness (QED) is 0.729. The normalized spacial score (nSPS) is 11.0. The van der Waals surface area contributed by atoms with E-state index in [2.05, 4.69) is 4.98 Å². The van der Waals surface area contributed by atoms with E-state index in [9.17, 15) is 15.0 Å². The zero-order valence-electron chi connectivity index (χ0n) is 13.1. The van der Waals surface area contributed by atoms with Gasteiger partial charge in [0, 0.05) is 6.54 Å². The highest BCUT2D eigenvalue weighted by atomic mass is 16.3. The SMILES string of the molecule is Cc1ccc2nc(C)n(CCc3ccc(O)c(O)c3)c(=O)c2c1. The van der Waals surface area contributed by atoms with Crippen LogP contribution in [0.1, 0.15) is 17.0 Å². The molecule has 118 valence electrons. The fourth-order valence-electron chi connectivity index (χ4n) is 2.67. The summed E-state index contributed by atoms with van der Waals surface area (Å²) in [5, 5.41) is 19.5. The van der Waals surface area contributed by atoms with Gasteiger partial charge in [0.25, 0.3) is 5.56 Å². The van der Waals surface area contributed by atoms with Crippen LogP contribution in [-0.4, -0.2) is 19.8 Å². The second-order valence-electron chi connectivity index (χ2n) is 5.71. The third-order valence-corrected chi connectivity index (χ3v) is 3.96. The van der Waals surface area contributed by atoms with Gasteiger partial charge in [-0.25, -0.2) is 4.98 Å². The molecule has 0 aliphatic carbocycles. The first-order chi connectivity index (χ1) is 11.0. The van der Waals surface area contributed by atoms with E-state index in [1.807, 2.05) is 32.0 Å². The Balaban J connectivity index is 1.96. The van der Waals surface area contributed by atoms with Crippen molar-refractivity contribution in [1.82, 2.24) is 9.55 Å². The number of rotatable bonds is 3. The minimum atomic E-state index is -0.154. The Hall–Kier alpha value is -2.82. The first kappa shape index (κ1) is 15.1. The van der Waals surface area contributed by atoms with Crippen molar-refractivity contribution in [2.45, 2.75) is 26.8 Å². The molecule has 0 unspecified atom stereocenters. The predicted octanol–water partition coefficient (Wildman–Crippen LogP) is 2.67. The van der Waals surface area contributed by atoms with Gasteiger partial charge in [-0.1, -0.05) is 17.7 Å². The Morgan fingerprint density at radius 1 is 1.04 bits per heavy atom. The number of phenolic OH excluding ortho intramolecular Hbond substituents is 2. The lowest BCUT2D eigenvalue weighted by molar-refractivity contribution is 0.403. The minimum absolute atomic E-state index is 0.0563. The summed E-state index contributed by atoms with van der Waals surface area (Å²) in [5.74, 6) is 0.359. The summed E-state index contributed by atoms with van der Waals surface area (Å²) in [7, 11) is 0. The van der Waals surface area contributed by atoms with Gasteiger partial charge in [0.15, 0.2) is 11.5 Å². The van der Waals surface area contributed by atoms with Crippen LogP contribution >= 0.6 is 0 Å². The molecule has 0 aliphatic heterocycles. The molecule has 0 spiro atoms. The van der Waals surface area contributed by atoms with E-state index in [4.69, 9.17) is 0 Å². The van der Waals surface area contributed by atoms with E-state index < -0.39 is 0 Å². The predicted molar refractivity (Wildman–Crippen MR) is 89.0 cm³/mol. The first-order valence-corrected chi connectivity index (χ1v) is 7.44. The van der Waals surface area contributed by atoms with Crippen LogP contribution in [0, 0.1) is 13.8 Å². The lowest BCUT2D eigenvalue weighted by Crippen LogP contribution is -2.25. The molecule has 2 aromatic carbocycles. The molecule has 1 aromatic heterocycles. The molecular weight excluding hydrogens is 292 g/mol. The third-order valence-electron chi connectivity index (χ3n) is 3.96. The second kappa shape index (κ2) is 5.76. The number of aryl methyl sites for hydroxylation is 3. The molecule has 0 fully saturated rings. The van der Waals surface area contributed by atoms with Crippen molar-refractivity contribution in [3.8, 4) is 11.5 Å². The maximum Gasteiger partial charge on any atom is 0.261 e. The zero-order valence-corrected chi connectivity index (χ0v) is 13.1. The Morgan fingerprint density at radius 2 is 1.83 bits per heavy atom. The van der Waals surface area contributed by atoms with Crippen molar-refractivity contribution in [1.29, 1.82) is 0 Å². The van der Waals surface area contributed by atoms with Crippen LogP contribution in [0.2, 0.25) is 0 Å². The summed E-state index contributed by atoms with van der Waals surface area (Å²) in [6.45, 7) is 4.23. The van der Waals surface area contributed by atoms with Crippen LogP contribution in [0.4, 0.5) is 0 Å². The lowest BCUT2D eigenvalue weighted by Gasteiger charge is -2.11. The molecule has 1 heterocycles. The number of nitrogens with zero attached hydrogens (tertiary/aromatic N) is 2. The maximum absolute atomic E-state index is 12.7. The summed E-state index contributed by atoms with van der Waals surface area (Å²) < 4.78 is 1.64. The molecule has 2 N–H and O–H groups in total. The summed E-state index contributed by atoms with van der Waals surface area (Å²) in [6, 6.07) is 10.3. The standard InChI is InChI=1S/C18H18N2O3/c1-11-3-5-15-14(9-11)18(23)20(12(2)19-15)8-7-13-4-6-16(21)17(22)10-13/h3-6,9-10,21-22H,7-8H2,1-2H3. The van der Waals surface area contributed by atoms with Crippen LogP contribution in [-0.2, 0) is 13.0 Å². The molecule has 3 aromatic rings. The van der Waals surface area contributed by atoms with E-state index in [1.54, 1.807) is 10.6 Å². The molecule has 0 bridgehead atoms. The van der Waals surface area contributed by atoms with Gasteiger partial charge in [0.2, 0.25) is 0 Å². The number of phenols is 2. The molecule has 0 aliphatic rings. The van der Waals surface area contributed by atoms with Crippen LogP contribution in [0.5, 0.6) is 11.5 Å². The van der Waals surface area contributed by atoms with Crippen LogP contribution in [0.25, 0.3) is 10.9 Å². The Kier molecular flexibility index (Phi) is 3.78. The monoisotopic (exact) mass is 310 g/mol. The highest BCUT2D eigenvalue weighted by Crippen LogP contribution is 2.25. The van der Waals surface area contributed by atoms with Gasteiger partial charge in [0.1, 0.15) is 5.82 Å². The molecule has 0 amide bonds. The van der Waals surface area contributed by atoms with Crippen molar-refractivity contribution in [3.63, 3.8) is 0 Å². The van der Waals surface area contributed by atoms with Gasteiger partial charge in [0.05, 0.1) is 10.9 Å². The first-order valence-electron chi connectivity index (χ1n) is 7.44. The van der Waals surface area contributed by atoms with Crippen LogP contribution in [0.3, 0.4) is 0 Å². The van der Waals surface area contributed by atoms with Crippen molar-refractivity contribution >= 4 is 10.9 Å². The summed E-state index contributed by atoms with van der Waals surface area (Å²) in [6.07, 6.45) is 0.563. The molecule has 5 heteroatoms. The van der Waals surface area contributed by atoms with Crippen LogP contribution in [0.15, 0.2) is 41.2 Å². The number of hydrogen-bond acceptors (Lipinski definition) is 4. The minimum Gasteiger partial charge on any atom is -0.504 e. The van der Waals surface area contributed by atoms with E-state index in [1.165, 1.54) is 12.1 Å². The summed E-state index contributed by atoms with van der Waals surface area (Å²) >= 11 is 0. The van der Waals surface area contributed by atoms with E-state index in [0.717, 1.165) is 11.1 Å². The molecule has 23 heavy (non-hydrogen) atoms. The fraction of sp³-hybridized carbons (Fsp3) is 0.222. The highest BCUT2D eigenvalue weighted by molar-refractivity contribution is 5.78. The number of benzene rings is 2. The number of aromatic hydroxyl groups is 2. The Labute approximate surface area is 133 Å². The molecule has 0 saturated heterocycles. The smallest absolute Gasteiger partial charge is 0.261 e. The Morgan fingerprint density at radius 3 is 2.57 bits per heavy atom. The second-order valence-corrected chi connectivity index (χ2v) is 5.71. The fourth-order valence-corrected chi connectivity index (χ4v) is 2.67.